The number of hydrogen-bond acceptors (Lipinski definition) is 8. The van der Waals surface area contributed by atoms with E-state index < -0.39 is 0 Å². The van der Waals surface area contributed by atoms with Crippen molar-refractivity contribution in [2.75, 3.05) is 26.2 Å². The summed E-state index contributed by atoms with van der Waals surface area (Å²) in [6, 6.07) is 9.99. The second-order valence-corrected chi connectivity index (χ2v) is 11.9. The van der Waals surface area contributed by atoms with Crippen LogP contribution in [0, 0.1) is 0 Å². The molecule has 0 bridgehead atoms. The Hall–Kier alpha value is -2.95. The Balaban J connectivity index is 1.20. The van der Waals surface area contributed by atoms with Gasteiger partial charge in [0.05, 0.1) is 17.7 Å². The van der Waals surface area contributed by atoms with Crippen molar-refractivity contribution in [3.8, 4) is 0 Å². The number of hydrogen-bond donors (Lipinski definition) is 1. The average Bonchev–Trinajstić information content (AvgIpc) is 3.70. The number of nitrogens with zero attached hydrogens (tertiary/aromatic N) is 4. The van der Waals surface area contributed by atoms with Crippen molar-refractivity contribution in [2.24, 2.45) is 0 Å². The van der Waals surface area contributed by atoms with Crippen LogP contribution in [0.1, 0.15) is 58.1 Å². The normalized spacial score (nSPS) is 15.7. The van der Waals surface area contributed by atoms with Crippen molar-refractivity contribution < 1.29 is 9.21 Å². The largest absolute Gasteiger partial charge is 0.447 e. The summed E-state index contributed by atoms with van der Waals surface area (Å²) in [5.41, 5.74) is 2.54. The molecular weight excluding hydrogens is 518 g/mol. The maximum Gasteiger partial charge on any atom is 0.273 e. The van der Waals surface area contributed by atoms with Crippen LogP contribution >= 0.6 is 23.1 Å². The number of thiophene rings is 1. The highest BCUT2D eigenvalue weighted by atomic mass is 32.2. The summed E-state index contributed by atoms with van der Waals surface area (Å²) in [5, 5.41) is 4.36. The first-order valence-electron chi connectivity index (χ1n) is 13.3. The van der Waals surface area contributed by atoms with E-state index in [4.69, 9.17) is 9.40 Å². The Morgan fingerprint density at radius 1 is 1.08 bits per heavy atom. The SMILES string of the molecule is O=C(NCCN1CCCC1)c1coc(CSc2nc3sc4c(c3c(=O)n2Cc2ccccc2)CCCC4)n1. The van der Waals surface area contributed by atoms with Crippen LogP contribution in [0.25, 0.3) is 10.2 Å². The monoisotopic (exact) mass is 549 g/mol. The molecule has 1 N–H and O–H groups in total. The fourth-order valence-corrected chi connectivity index (χ4v) is 7.42. The Kier molecular flexibility index (Phi) is 7.62. The van der Waals surface area contributed by atoms with E-state index in [0.717, 1.165) is 61.1 Å². The molecule has 0 unspecified atom stereocenters. The molecule has 1 fully saturated rings. The summed E-state index contributed by atoms with van der Waals surface area (Å²) in [4.78, 5) is 40.2. The zero-order valence-electron chi connectivity index (χ0n) is 21.3. The van der Waals surface area contributed by atoms with Gasteiger partial charge in [-0.1, -0.05) is 42.1 Å². The molecule has 10 heteroatoms. The molecule has 0 radical (unpaired) electrons. The minimum Gasteiger partial charge on any atom is -0.447 e. The summed E-state index contributed by atoms with van der Waals surface area (Å²) in [5.74, 6) is 0.582. The molecule has 4 heterocycles. The molecule has 0 spiro atoms. The first-order chi connectivity index (χ1) is 18.7. The molecule has 1 amide bonds. The standard InChI is InChI=1S/C28H31N5O3S2/c34-25(29-12-15-32-13-6-7-14-32)21-17-36-23(30-21)18-37-28-31-26-24(20-10-4-5-11-22(20)38-26)27(35)33(28)16-19-8-2-1-3-9-19/h1-3,8-9,17H,4-7,10-16,18H2,(H,29,34). The topological polar surface area (TPSA) is 93.3 Å². The van der Waals surface area contributed by atoms with E-state index in [1.54, 1.807) is 15.9 Å². The lowest BCUT2D eigenvalue weighted by Gasteiger charge is -2.14. The number of aryl methyl sites for hydroxylation is 2. The number of fused-ring (bicyclic) bond motifs is 3. The van der Waals surface area contributed by atoms with Crippen LogP contribution in [0.4, 0.5) is 0 Å². The molecule has 1 aromatic carbocycles. The number of nitrogens with one attached hydrogen (secondary N) is 1. The summed E-state index contributed by atoms with van der Waals surface area (Å²) >= 11 is 3.07. The second kappa shape index (κ2) is 11.4. The number of thioether (sulfide) groups is 1. The minimum absolute atomic E-state index is 0.0197. The van der Waals surface area contributed by atoms with Crippen molar-refractivity contribution in [3.05, 3.63) is 74.5 Å². The molecule has 6 rings (SSSR count). The maximum absolute atomic E-state index is 13.8. The minimum atomic E-state index is -0.228. The predicted octanol–water partition coefficient (Wildman–Crippen LogP) is 4.49. The molecule has 38 heavy (non-hydrogen) atoms. The number of carbonyl (C=O) groups is 1. The highest BCUT2D eigenvalue weighted by Gasteiger charge is 2.23. The van der Waals surface area contributed by atoms with Crippen molar-refractivity contribution in [1.29, 1.82) is 0 Å². The number of rotatable bonds is 9. The van der Waals surface area contributed by atoms with Crippen molar-refractivity contribution in [2.45, 2.75) is 56.0 Å². The summed E-state index contributed by atoms with van der Waals surface area (Å²) in [6.07, 6.45) is 8.12. The van der Waals surface area contributed by atoms with Gasteiger partial charge in [-0.25, -0.2) is 9.97 Å². The van der Waals surface area contributed by atoms with Gasteiger partial charge in [0, 0.05) is 18.0 Å². The Labute approximate surface area is 229 Å². The molecule has 8 nitrogen and oxygen atoms in total. The van der Waals surface area contributed by atoms with Crippen molar-refractivity contribution in [3.63, 3.8) is 0 Å². The van der Waals surface area contributed by atoms with Gasteiger partial charge in [0.25, 0.3) is 11.5 Å². The van der Waals surface area contributed by atoms with Gasteiger partial charge in [0.2, 0.25) is 5.89 Å². The molecule has 0 atom stereocenters. The first kappa shape index (κ1) is 25.3. The van der Waals surface area contributed by atoms with Gasteiger partial charge in [0.1, 0.15) is 11.1 Å². The number of oxazole rings is 1. The van der Waals surface area contributed by atoms with Gasteiger partial charge in [-0.15, -0.1) is 11.3 Å². The molecule has 0 saturated carbocycles. The molecule has 4 aromatic rings. The summed E-state index contributed by atoms with van der Waals surface area (Å²) in [7, 11) is 0. The highest BCUT2D eigenvalue weighted by Crippen LogP contribution is 2.35. The number of carbonyl (C=O) groups excluding carboxylic acids is 1. The quantitative estimate of drug-likeness (QED) is 0.243. The average molecular weight is 550 g/mol. The lowest BCUT2D eigenvalue weighted by molar-refractivity contribution is 0.0944. The van der Waals surface area contributed by atoms with Crippen LogP contribution in [0.5, 0.6) is 0 Å². The van der Waals surface area contributed by atoms with Crippen molar-refractivity contribution in [1.82, 2.24) is 24.8 Å². The third kappa shape index (κ3) is 5.43. The third-order valence-corrected chi connectivity index (χ3v) is 9.39. The summed E-state index contributed by atoms with van der Waals surface area (Å²) in [6.45, 7) is 4.10. The fourth-order valence-electron chi connectivity index (χ4n) is 5.27. The van der Waals surface area contributed by atoms with Crippen LogP contribution in [-0.2, 0) is 25.1 Å². The highest BCUT2D eigenvalue weighted by molar-refractivity contribution is 7.98. The lowest BCUT2D eigenvalue weighted by atomic mass is 9.97. The van der Waals surface area contributed by atoms with Gasteiger partial charge in [-0.05, 0) is 62.7 Å². The van der Waals surface area contributed by atoms with Crippen LogP contribution in [0.3, 0.4) is 0 Å². The fraction of sp³-hybridized carbons (Fsp3) is 0.429. The van der Waals surface area contributed by atoms with E-state index in [1.807, 2.05) is 30.3 Å². The van der Waals surface area contributed by atoms with Gasteiger partial charge in [-0.3, -0.25) is 14.2 Å². The van der Waals surface area contributed by atoms with Crippen molar-refractivity contribution >= 4 is 39.2 Å². The van der Waals surface area contributed by atoms with Crippen LogP contribution in [0.2, 0.25) is 0 Å². The van der Waals surface area contributed by atoms with Gasteiger partial charge in [-0.2, -0.15) is 0 Å². The van der Waals surface area contributed by atoms with E-state index >= 15 is 0 Å². The molecule has 1 saturated heterocycles. The summed E-state index contributed by atoms with van der Waals surface area (Å²) < 4.78 is 7.39. The molecular formula is C28H31N5O3S2. The van der Waals surface area contributed by atoms with E-state index in [9.17, 15) is 9.59 Å². The van der Waals surface area contributed by atoms with E-state index in [-0.39, 0.29) is 17.2 Å². The number of likely N-dealkylation sites (tertiary alicyclic amines) is 1. The van der Waals surface area contributed by atoms with Gasteiger partial charge in [0.15, 0.2) is 10.9 Å². The zero-order chi connectivity index (χ0) is 25.9. The zero-order valence-corrected chi connectivity index (χ0v) is 22.9. The Morgan fingerprint density at radius 3 is 2.74 bits per heavy atom. The Morgan fingerprint density at radius 2 is 1.89 bits per heavy atom. The maximum atomic E-state index is 13.8. The number of benzene rings is 1. The van der Waals surface area contributed by atoms with Crippen LogP contribution in [0.15, 0.2) is 51.0 Å². The molecule has 198 valence electrons. The smallest absolute Gasteiger partial charge is 0.273 e. The van der Waals surface area contributed by atoms with Crippen LogP contribution in [-0.4, -0.2) is 51.5 Å². The third-order valence-electron chi connectivity index (χ3n) is 7.24. The number of amides is 1. The van der Waals surface area contributed by atoms with E-state index in [0.29, 0.717) is 29.9 Å². The van der Waals surface area contributed by atoms with Gasteiger partial charge >= 0.3 is 0 Å². The molecule has 1 aliphatic carbocycles. The first-order valence-corrected chi connectivity index (χ1v) is 15.1. The second-order valence-electron chi connectivity index (χ2n) is 9.88. The van der Waals surface area contributed by atoms with E-state index in [2.05, 4.69) is 15.2 Å². The lowest BCUT2D eigenvalue weighted by Crippen LogP contribution is -2.33. The molecule has 3 aromatic heterocycles. The van der Waals surface area contributed by atoms with E-state index in [1.165, 1.54) is 41.3 Å². The predicted molar refractivity (Wildman–Crippen MR) is 150 cm³/mol. The van der Waals surface area contributed by atoms with Crippen LogP contribution < -0.4 is 10.9 Å². The molecule has 1 aliphatic heterocycles. The number of aromatic nitrogens is 3. The Bertz CT molecular complexity index is 1490. The molecule has 2 aliphatic rings. The van der Waals surface area contributed by atoms with Gasteiger partial charge < -0.3 is 14.6 Å².